The van der Waals surface area contributed by atoms with Crippen molar-refractivity contribution in [2.24, 2.45) is 0 Å². The Balaban J connectivity index is 1.84. The van der Waals surface area contributed by atoms with Gasteiger partial charge in [0.2, 0.25) is 0 Å². The quantitative estimate of drug-likeness (QED) is 0.826. The van der Waals surface area contributed by atoms with Crippen molar-refractivity contribution in [3.05, 3.63) is 54.4 Å². The number of carboxylic acid groups (broad SMARTS) is 1. The van der Waals surface area contributed by atoms with E-state index in [4.69, 9.17) is 5.11 Å². The molecule has 88 valence electrons. The van der Waals surface area contributed by atoms with Crippen LogP contribution in [0, 0.1) is 0 Å². The van der Waals surface area contributed by atoms with Crippen LogP contribution in [0.5, 0.6) is 0 Å². The molecule has 0 bridgehead atoms. The van der Waals surface area contributed by atoms with Gasteiger partial charge in [-0.3, -0.25) is 0 Å². The number of rotatable bonds is 5. The minimum absolute atomic E-state index is 0.342. The Morgan fingerprint density at radius 3 is 2.65 bits per heavy atom. The van der Waals surface area contributed by atoms with E-state index in [0.717, 1.165) is 12.3 Å². The summed E-state index contributed by atoms with van der Waals surface area (Å²) in [6, 6.07) is 11.8. The maximum Gasteiger partial charge on any atom is 0.337 e. The molecule has 0 radical (unpaired) electrons. The molecule has 0 aliphatic rings. The van der Waals surface area contributed by atoms with Crippen molar-refractivity contribution in [2.75, 3.05) is 5.75 Å². The fourth-order valence-corrected chi connectivity index (χ4v) is 2.38. The van der Waals surface area contributed by atoms with Crippen molar-refractivity contribution in [3.8, 4) is 0 Å². The predicted octanol–water partition coefficient (Wildman–Crippen LogP) is 2.98. The highest BCUT2D eigenvalue weighted by Crippen LogP contribution is 2.17. The Morgan fingerprint density at radius 1 is 1.24 bits per heavy atom. The molecule has 3 nitrogen and oxygen atoms in total. The zero-order chi connectivity index (χ0) is 12.1. The third kappa shape index (κ3) is 3.39. The molecule has 2 rings (SSSR count). The first-order chi connectivity index (χ1) is 8.25. The van der Waals surface area contributed by atoms with Crippen LogP contribution in [0.25, 0.3) is 0 Å². The summed E-state index contributed by atoms with van der Waals surface area (Å²) in [5, 5.41) is 8.78. The zero-order valence-electron chi connectivity index (χ0n) is 9.24. The molecular weight excluding hydrogens is 234 g/mol. The molecule has 0 unspecified atom stereocenters. The molecule has 1 aromatic carbocycles. The van der Waals surface area contributed by atoms with Gasteiger partial charge in [-0.1, -0.05) is 18.2 Å². The monoisotopic (exact) mass is 247 g/mol. The van der Waals surface area contributed by atoms with Gasteiger partial charge in [0, 0.05) is 29.6 Å². The number of nitrogens with zero attached hydrogens (tertiary/aromatic N) is 1. The van der Waals surface area contributed by atoms with Crippen LogP contribution >= 0.6 is 11.8 Å². The molecule has 0 saturated carbocycles. The Hall–Kier alpha value is -1.68. The summed E-state index contributed by atoms with van der Waals surface area (Å²) in [4.78, 5) is 11.9. The van der Waals surface area contributed by atoms with Gasteiger partial charge in [-0.25, -0.2) is 4.79 Å². The molecule has 4 heteroatoms. The Kier molecular flexibility index (Phi) is 3.88. The second kappa shape index (κ2) is 5.59. The molecule has 0 saturated heterocycles. The van der Waals surface area contributed by atoms with Gasteiger partial charge in [0.1, 0.15) is 0 Å². The van der Waals surface area contributed by atoms with E-state index in [0.29, 0.717) is 5.56 Å². The average Bonchev–Trinajstić information content (AvgIpc) is 2.79. The maximum atomic E-state index is 10.7. The number of aromatic nitrogens is 1. The highest BCUT2D eigenvalue weighted by Gasteiger charge is 2.03. The number of carbonyl (C=O) groups is 1. The summed E-state index contributed by atoms with van der Waals surface area (Å²) in [5.41, 5.74) is 0.342. The Morgan fingerprint density at radius 2 is 2.00 bits per heavy atom. The van der Waals surface area contributed by atoms with Crippen molar-refractivity contribution in [1.82, 2.24) is 4.57 Å². The number of hydrogen-bond donors (Lipinski definition) is 1. The standard InChI is InChI=1S/C13H13NO2S/c15-13(16)11-6-7-14(10-11)8-9-17-12-4-2-1-3-5-12/h1-7,10H,8-9H2,(H,15,16). The summed E-state index contributed by atoms with van der Waals surface area (Å²) in [6.07, 6.45) is 3.46. The van der Waals surface area contributed by atoms with Gasteiger partial charge in [0.15, 0.2) is 0 Å². The number of aryl methyl sites for hydroxylation is 1. The van der Waals surface area contributed by atoms with Crippen molar-refractivity contribution in [3.63, 3.8) is 0 Å². The van der Waals surface area contributed by atoms with Crippen LogP contribution < -0.4 is 0 Å². The lowest BCUT2D eigenvalue weighted by atomic mass is 10.4. The van der Waals surface area contributed by atoms with Crippen molar-refractivity contribution >= 4 is 17.7 Å². The van der Waals surface area contributed by atoms with Crippen LogP contribution in [0.1, 0.15) is 10.4 Å². The van der Waals surface area contributed by atoms with Crippen molar-refractivity contribution < 1.29 is 9.90 Å². The number of hydrogen-bond acceptors (Lipinski definition) is 2. The normalized spacial score (nSPS) is 10.4. The van der Waals surface area contributed by atoms with E-state index in [-0.39, 0.29) is 0 Å². The van der Waals surface area contributed by atoms with E-state index < -0.39 is 5.97 Å². The van der Waals surface area contributed by atoms with E-state index in [1.54, 1.807) is 30.2 Å². The average molecular weight is 247 g/mol. The smallest absolute Gasteiger partial charge is 0.337 e. The third-order valence-corrected chi connectivity index (χ3v) is 3.35. The molecule has 1 N–H and O–H groups in total. The molecule has 1 aromatic heterocycles. The minimum atomic E-state index is -0.875. The second-order valence-electron chi connectivity index (χ2n) is 3.60. The molecule has 0 amide bonds. The number of benzene rings is 1. The predicted molar refractivity (Wildman–Crippen MR) is 68.6 cm³/mol. The first-order valence-electron chi connectivity index (χ1n) is 5.32. The summed E-state index contributed by atoms with van der Waals surface area (Å²) in [5.74, 6) is 0.0528. The molecule has 2 aromatic rings. The van der Waals surface area contributed by atoms with Gasteiger partial charge in [0.25, 0.3) is 0 Å². The van der Waals surface area contributed by atoms with Crippen LogP contribution in [0.3, 0.4) is 0 Å². The van der Waals surface area contributed by atoms with Crippen LogP contribution in [0.15, 0.2) is 53.7 Å². The summed E-state index contributed by atoms with van der Waals surface area (Å²) in [6.45, 7) is 0.812. The first kappa shape index (κ1) is 11.8. The van der Waals surface area contributed by atoms with Crippen molar-refractivity contribution in [2.45, 2.75) is 11.4 Å². The number of carboxylic acids is 1. The van der Waals surface area contributed by atoms with E-state index in [9.17, 15) is 4.79 Å². The number of thioether (sulfide) groups is 1. The van der Waals surface area contributed by atoms with E-state index in [1.165, 1.54) is 4.90 Å². The molecule has 0 atom stereocenters. The van der Waals surface area contributed by atoms with Gasteiger partial charge >= 0.3 is 5.97 Å². The molecular formula is C13H13NO2S. The van der Waals surface area contributed by atoms with E-state index >= 15 is 0 Å². The topological polar surface area (TPSA) is 42.2 Å². The Bertz CT molecular complexity index is 493. The largest absolute Gasteiger partial charge is 0.478 e. The van der Waals surface area contributed by atoms with Crippen molar-refractivity contribution in [1.29, 1.82) is 0 Å². The van der Waals surface area contributed by atoms with Crippen LogP contribution in [0.2, 0.25) is 0 Å². The third-order valence-electron chi connectivity index (χ3n) is 2.36. The van der Waals surface area contributed by atoms with Crippen LogP contribution in [-0.4, -0.2) is 21.4 Å². The maximum absolute atomic E-state index is 10.7. The summed E-state index contributed by atoms with van der Waals surface area (Å²) >= 11 is 1.76. The minimum Gasteiger partial charge on any atom is -0.478 e. The molecule has 0 aliphatic heterocycles. The van der Waals surface area contributed by atoms with Gasteiger partial charge in [-0.2, -0.15) is 0 Å². The van der Waals surface area contributed by atoms with Crippen LogP contribution in [-0.2, 0) is 6.54 Å². The Labute approximate surface area is 104 Å². The van der Waals surface area contributed by atoms with Gasteiger partial charge in [0.05, 0.1) is 5.56 Å². The molecule has 0 aliphatic carbocycles. The first-order valence-corrected chi connectivity index (χ1v) is 6.31. The second-order valence-corrected chi connectivity index (χ2v) is 4.77. The number of aromatic carboxylic acids is 1. The molecule has 0 spiro atoms. The molecule has 0 fully saturated rings. The SMILES string of the molecule is O=C(O)c1ccn(CCSc2ccccc2)c1. The summed E-state index contributed by atoms with van der Waals surface area (Å²) < 4.78 is 1.90. The van der Waals surface area contributed by atoms with Gasteiger partial charge in [-0.05, 0) is 18.2 Å². The lowest BCUT2D eigenvalue weighted by Gasteiger charge is -2.02. The van der Waals surface area contributed by atoms with Gasteiger partial charge < -0.3 is 9.67 Å². The summed E-state index contributed by atoms with van der Waals surface area (Å²) in [7, 11) is 0. The highest BCUT2D eigenvalue weighted by molar-refractivity contribution is 7.99. The van der Waals surface area contributed by atoms with E-state index in [1.807, 2.05) is 22.8 Å². The fourth-order valence-electron chi connectivity index (χ4n) is 1.49. The lowest BCUT2D eigenvalue weighted by molar-refractivity contribution is 0.0697. The lowest BCUT2D eigenvalue weighted by Crippen LogP contribution is -1.98. The van der Waals surface area contributed by atoms with Crippen LogP contribution in [0.4, 0.5) is 0 Å². The fraction of sp³-hybridized carbons (Fsp3) is 0.154. The van der Waals surface area contributed by atoms with Gasteiger partial charge in [-0.15, -0.1) is 11.8 Å². The molecule has 1 heterocycles. The molecule has 17 heavy (non-hydrogen) atoms. The highest BCUT2D eigenvalue weighted by atomic mass is 32.2. The van der Waals surface area contributed by atoms with E-state index in [2.05, 4.69) is 12.1 Å². The zero-order valence-corrected chi connectivity index (χ0v) is 10.1.